The van der Waals surface area contributed by atoms with Gasteiger partial charge in [-0.25, -0.2) is 0 Å². The van der Waals surface area contributed by atoms with E-state index in [2.05, 4.69) is 18.9 Å². The number of hydrogen-bond acceptors (Lipinski definition) is 3. The van der Waals surface area contributed by atoms with Crippen LogP contribution in [0.4, 0.5) is 0 Å². The molecule has 0 bridgehead atoms. The topological polar surface area (TPSA) is 21.7 Å². The van der Waals surface area contributed by atoms with Gasteiger partial charge in [0, 0.05) is 6.54 Å². The van der Waals surface area contributed by atoms with Gasteiger partial charge < -0.3 is 14.4 Å². The Morgan fingerprint density at radius 2 is 1.75 bits per heavy atom. The van der Waals surface area contributed by atoms with Gasteiger partial charge in [-0.05, 0) is 13.6 Å². The molecule has 0 aromatic heterocycles. The first kappa shape index (κ1) is 11.9. The van der Waals surface area contributed by atoms with Gasteiger partial charge in [-0.3, -0.25) is 0 Å². The highest BCUT2D eigenvalue weighted by Gasteiger charge is 2.16. The van der Waals surface area contributed by atoms with Crippen molar-refractivity contribution in [3.63, 3.8) is 0 Å². The molecule has 0 spiro atoms. The molecule has 0 radical (unpaired) electrons. The van der Waals surface area contributed by atoms with Crippen LogP contribution in [0.1, 0.15) is 20.8 Å². The van der Waals surface area contributed by atoms with Gasteiger partial charge in [-0.2, -0.15) is 0 Å². The molecule has 1 saturated heterocycles. The van der Waals surface area contributed by atoms with E-state index < -0.39 is 0 Å². The summed E-state index contributed by atoms with van der Waals surface area (Å²) in [5, 5.41) is 0. The van der Waals surface area contributed by atoms with Gasteiger partial charge in [-0.15, -0.1) is 0 Å². The second kappa shape index (κ2) is 7.53. The third-order valence-electron chi connectivity index (χ3n) is 1.69. The fraction of sp³-hybridized carbons (Fsp3) is 1.00. The van der Waals surface area contributed by atoms with Crippen LogP contribution in [0, 0.1) is 0 Å². The number of likely N-dealkylation sites (N-methyl/N-ethyl adjacent to an activating group) is 1. The van der Waals surface area contributed by atoms with Gasteiger partial charge in [0.1, 0.15) is 0 Å². The number of hydrogen-bond donors (Lipinski definition) is 0. The maximum absolute atomic E-state index is 5.26. The molecule has 0 aliphatic carbocycles. The lowest BCUT2D eigenvalue weighted by Crippen LogP contribution is -2.29. The van der Waals surface area contributed by atoms with Crippen molar-refractivity contribution >= 4 is 0 Å². The van der Waals surface area contributed by atoms with Crippen molar-refractivity contribution in [2.45, 2.75) is 27.1 Å². The summed E-state index contributed by atoms with van der Waals surface area (Å²) in [5.41, 5.74) is 0. The number of ether oxygens (including phenoxy) is 2. The molecule has 1 aliphatic heterocycles. The largest absolute Gasteiger partial charge is 0.349 e. The van der Waals surface area contributed by atoms with E-state index in [1.54, 1.807) is 0 Å². The molecule has 0 aromatic carbocycles. The lowest BCUT2D eigenvalue weighted by molar-refractivity contribution is -0.0574. The summed E-state index contributed by atoms with van der Waals surface area (Å²) >= 11 is 0. The molecule has 0 atom stereocenters. The Labute approximate surface area is 75.6 Å². The Morgan fingerprint density at radius 3 is 2.17 bits per heavy atom. The molecule has 3 heteroatoms. The van der Waals surface area contributed by atoms with Crippen LogP contribution in [0.5, 0.6) is 0 Å². The summed E-state index contributed by atoms with van der Waals surface area (Å²) in [6.45, 7) is 9.55. The summed E-state index contributed by atoms with van der Waals surface area (Å²) in [7, 11) is 2.06. The van der Waals surface area contributed by atoms with Gasteiger partial charge in [0.15, 0.2) is 6.29 Å². The Morgan fingerprint density at radius 1 is 1.25 bits per heavy atom. The van der Waals surface area contributed by atoms with Crippen molar-refractivity contribution in [1.29, 1.82) is 0 Å². The first-order valence-corrected chi connectivity index (χ1v) is 4.74. The average Bonchev–Trinajstić information content (AvgIpc) is 2.60. The van der Waals surface area contributed by atoms with Gasteiger partial charge in [0.05, 0.1) is 13.2 Å². The molecular weight excluding hydrogens is 154 g/mol. The van der Waals surface area contributed by atoms with Gasteiger partial charge in [-0.1, -0.05) is 20.8 Å². The zero-order chi connectivity index (χ0) is 9.40. The van der Waals surface area contributed by atoms with Crippen LogP contribution in [0.2, 0.25) is 0 Å². The Hall–Kier alpha value is -0.120. The van der Waals surface area contributed by atoms with E-state index in [1.165, 1.54) is 0 Å². The molecule has 0 aromatic rings. The molecular formula is C9H21NO2. The van der Waals surface area contributed by atoms with E-state index in [0.29, 0.717) is 0 Å². The van der Waals surface area contributed by atoms with E-state index in [0.717, 1.165) is 26.3 Å². The third kappa shape index (κ3) is 4.70. The number of nitrogens with zero attached hydrogens (tertiary/aromatic N) is 1. The second-order valence-corrected chi connectivity index (χ2v) is 2.53. The van der Waals surface area contributed by atoms with Crippen molar-refractivity contribution < 1.29 is 9.47 Å². The maximum Gasteiger partial charge on any atom is 0.170 e. The van der Waals surface area contributed by atoms with E-state index in [9.17, 15) is 0 Å². The highest BCUT2D eigenvalue weighted by molar-refractivity contribution is 4.56. The normalized spacial score (nSPS) is 17.8. The third-order valence-corrected chi connectivity index (χ3v) is 1.69. The zero-order valence-corrected chi connectivity index (χ0v) is 8.67. The van der Waals surface area contributed by atoms with Crippen LogP contribution in [0.15, 0.2) is 0 Å². The molecule has 1 heterocycles. The number of rotatable bonds is 3. The van der Waals surface area contributed by atoms with Crippen LogP contribution in [0.3, 0.4) is 0 Å². The average molecular weight is 175 g/mol. The minimum atomic E-state index is 0.0185. The van der Waals surface area contributed by atoms with Crippen LogP contribution < -0.4 is 0 Å². The summed E-state index contributed by atoms with van der Waals surface area (Å²) in [5.74, 6) is 0. The van der Waals surface area contributed by atoms with Crippen LogP contribution >= 0.6 is 0 Å². The smallest absolute Gasteiger partial charge is 0.170 e. The van der Waals surface area contributed by atoms with Gasteiger partial charge in [0.25, 0.3) is 0 Å². The quantitative estimate of drug-likeness (QED) is 0.646. The van der Waals surface area contributed by atoms with Crippen molar-refractivity contribution in [2.24, 2.45) is 0 Å². The predicted molar refractivity (Wildman–Crippen MR) is 50.2 cm³/mol. The Balaban J connectivity index is 0.000000561. The van der Waals surface area contributed by atoms with E-state index >= 15 is 0 Å². The highest BCUT2D eigenvalue weighted by Crippen LogP contribution is 2.03. The van der Waals surface area contributed by atoms with Crippen molar-refractivity contribution in [2.75, 3.05) is 33.4 Å². The zero-order valence-electron chi connectivity index (χ0n) is 8.67. The monoisotopic (exact) mass is 175 g/mol. The molecule has 1 rings (SSSR count). The van der Waals surface area contributed by atoms with Crippen molar-refractivity contribution in [3.05, 3.63) is 0 Å². The molecule has 1 fully saturated rings. The standard InChI is InChI=1S/C7H15NO2.C2H6/c1-3-8(2)6-7-9-4-5-10-7;1-2/h7H,3-6H2,1-2H3;1-2H3. The predicted octanol–water partition coefficient (Wildman–Crippen LogP) is 1.34. The minimum Gasteiger partial charge on any atom is -0.349 e. The molecule has 12 heavy (non-hydrogen) atoms. The minimum absolute atomic E-state index is 0.0185. The summed E-state index contributed by atoms with van der Waals surface area (Å²) in [4.78, 5) is 2.18. The SMILES string of the molecule is CC.CCN(C)CC1OCCO1. The first-order valence-electron chi connectivity index (χ1n) is 4.74. The second-order valence-electron chi connectivity index (χ2n) is 2.53. The Bertz CT molecular complexity index is 92.5. The fourth-order valence-corrected chi connectivity index (χ4v) is 0.896. The lowest BCUT2D eigenvalue weighted by Gasteiger charge is -2.17. The molecule has 74 valence electrons. The van der Waals surface area contributed by atoms with Crippen molar-refractivity contribution in [1.82, 2.24) is 4.90 Å². The highest BCUT2D eigenvalue weighted by atomic mass is 16.7. The maximum atomic E-state index is 5.26. The summed E-state index contributed by atoms with van der Waals surface area (Å²) in [6.07, 6.45) is 0.0185. The van der Waals surface area contributed by atoms with Gasteiger partial charge >= 0.3 is 0 Å². The first-order chi connectivity index (χ1) is 5.83. The van der Waals surface area contributed by atoms with E-state index in [4.69, 9.17) is 9.47 Å². The molecule has 0 N–H and O–H groups in total. The van der Waals surface area contributed by atoms with E-state index in [-0.39, 0.29) is 6.29 Å². The van der Waals surface area contributed by atoms with E-state index in [1.807, 2.05) is 13.8 Å². The molecule has 3 nitrogen and oxygen atoms in total. The Kier molecular flexibility index (Phi) is 7.45. The van der Waals surface area contributed by atoms with Crippen LogP contribution in [-0.4, -0.2) is 44.5 Å². The van der Waals surface area contributed by atoms with Crippen molar-refractivity contribution in [3.8, 4) is 0 Å². The van der Waals surface area contributed by atoms with Crippen LogP contribution in [0.25, 0.3) is 0 Å². The van der Waals surface area contributed by atoms with Crippen LogP contribution in [-0.2, 0) is 9.47 Å². The molecule has 1 aliphatic rings. The lowest BCUT2D eigenvalue weighted by atomic mass is 10.5. The molecule has 0 unspecified atom stereocenters. The molecule has 0 saturated carbocycles. The molecule has 0 amide bonds. The summed E-state index contributed by atoms with van der Waals surface area (Å²) < 4.78 is 10.5. The summed E-state index contributed by atoms with van der Waals surface area (Å²) in [6, 6.07) is 0. The fourth-order valence-electron chi connectivity index (χ4n) is 0.896. The van der Waals surface area contributed by atoms with Gasteiger partial charge in [0.2, 0.25) is 0 Å².